The first-order valence-corrected chi connectivity index (χ1v) is 16.0. The second kappa shape index (κ2) is 14.3. The predicted octanol–water partition coefficient (Wildman–Crippen LogP) is 7.21. The predicted molar refractivity (Wildman–Crippen MR) is 179 cm³/mol. The Labute approximate surface area is 279 Å². The summed E-state index contributed by atoms with van der Waals surface area (Å²) in [6.07, 6.45) is 2.66. The summed E-state index contributed by atoms with van der Waals surface area (Å²) in [6, 6.07) is 23.3. The van der Waals surface area contributed by atoms with Gasteiger partial charge in [-0.2, -0.15) is 0 Å². The summed E-state index contributed by atoms with van der Waals surface area (Å²) in [4.78, 5) is 21.7. The first-order chi connectivity index (χ1) is 22.3. The Kier molecular flexibility index (Phi) is 9.99. The molecule has 6 rings (SSSR count). The first-order valence-electron chi connectivity index (χ1n) is 15.3. The molecule has 0 saturated carbocycles. The highest BCUT2D eigenvalue weighted by molar-refractivity contribution is 6.42. The molecule has 4 aromatic rings. The molecule has 10 heteroatoms. The van der Waals surface area contributed by atoms with E-state index in [9.17, 15) is 4.79 Å². The van der Waals surface area contributed by atoms with Crippen LogP contribution in [0.5, 0.6) is 11.5 Å². The van der Waals surface area contributed by atoms with Gasteiger partial charge in [-0.25, -0.2) is 0 Å². The molecule has 0 saturated heterocycles. The molecule has 0 aliphatic carbocycles. The summed E-state index contributed by atoms with van der Waals surface area (Å²) in [5.41, 5.74) is 6.14. The fourth-order valence-electron chi connectivity index (χ4n) is 6.15. The number of hydrogen-bond acceptors (Lipinski definition) is 8. The summed E-state index contributed by atoms with van der Waals surface area (Å²) in [5, 5.41) is 0.967. The lowest BCUT2D eigenvalue weighted by Gasteiger charge is -2.35. The highest BCUT2D eigenvalue weighted by atomic mass is 35.5. The third kappa shape index (κ3) is 7.10. The molecule has 0 N–H and O–H groups in total. The highest BCUT2D eigenvalue weighted by Gasteiger charge is 2.34. The summed E-state index contributed by atoms with van der Waals surface area (Å²) >= 11 is 12.4. The molecule has 0 spiro atoms. The molecule has 2 aliphatic rings. The van der Waals surface area contributed by atoms with Crippen LogP contribution in [0.1, 0.15) is 46.6 Å². The number of hydrogen-bond donors (Lipinski definition) is 0. The maximum atomic E-state index is 12.9. The van der Waals surface area contributed by atoms with E-state index in [2.05, 4.69) is 46.1 Å². The number of pyridine rings is 1. The molecule has 0 radical (unpaired) electrons. The van der Waals surface area contributed by atoms with Gasteiger partial charge in [0.15, 0.2) is 0 Å². The number of nitrogens with zero attached hydrogens (tertiary/aromatic N) is 3. The molecule has 2 unspecified atom stereocenters. The number of benzene rings is 3. The van der Waals surface area contributed by atoms with Gasteiger partial charge in [0.05, 0.1) is 35.1 Å². The van der Waals surface area contributed by atoms with E-state index >= 15 is 0 Å². The van der Waals surface area contributed by atoms with E-state index in [1.54, 1.807) is 25.4 Å². The zero-order valence-corrected chi connectivity index (χ0v) is 27.6. The number of rotatable bonds is 9. The normalized spacial score (nSPS) is 18.5. The SMILES string of the molecule is COCC(Oc1ccc(C2CCN(C)c3cc4c(cc3O2)CN(Cc2ccccn2)[C@H](C(=O)OC)C4)cc1)c1ccc(Cl)c(Cl)c1. The molecule has 0 bridgehead atoms. The quantitative estimate of drug-likeness (QED) is 0.174. The second-order valence-corrected chi connectivity index (χ2v) is 12.5. The Balaban J connectivity index is 1.21. The standard InChI is InChI=1S/C36H37Cl2N3O5/c1-40-15-13-33(23-7-10-28(11-8-23)45-35(22-43-2)24-9-12-29(37)30(38)16-24)46-34-19-26-20-41(21-27-6-4-5-14-39-27)32(36(42)44-3)18-25(26)17-31(34)40/h4-12,14,16-17,19,32-33,35H,13,15,18,20-22H2,1-3H3/t32-,33?,35?/m0/s1. The molecule has 2 aliphatic heterocycles. The number of halogens is 2. The lowest BCUT2D eigenvalue weighted by Crippen LogP contribution is -2.45. The Morgan fingerprint density at radius 1 is 1.02 bits per heavy atom. The van der Waals surface area contributed by atoms with Crippen molar-refractivity contribution in [1.29, 1.82) is 0 Å². The van der Waals surface area contributed by atoms with Gasteiger partial charge in [-0.15, -0.1) is 0 Å². The van der Waals surface area contributed by atoms with Crippen LogP contribution in [0.15, 0.2) is 79.0 Å². The zero-order valence-electron chi connectivity index (χ0n) is 26.1. The number of carbonyl (C=O) groups is 1. The number of aromatic nitrogens is 1. The Morgan fingerprint density at radius 3 is 2.57 bits per heavy atom. The number of carbonyl (C=O) groups excluding carboxylic acids is 1. The zero-order chi connectivity index (χ0) is 32.2. The largest absolute Gasteiger partial charge is 0.483 e. The third-order valence-electron chi connectivity index (χ3n) is 8.64. The van der Waals surface area contributed by atoms with E-state index in [4.69, 9.17) is 42.1 Å². The van der Waals surface area contributed by atoms with Crippen LogP contribution in [0.25, 0.3) is 0 Å². The van der Waals surface area contributed by atoms with Crippen LogP contribution in [0, 0.1) is 0 Å². The van der Waals surface area contributed by atoms with Crippen molar-refractivity contribution in [3.8, 4) is 11.5 Å². The first kappa shape index (κ1) is 32.1. The summed E-state index contributed by atoms with van der Waals surface area (Å²) in [6.45, 7) is 2.31. The van der Waals surface area contributed by atoms with Crippen molar-refractivity contribution in [2.45, 2.75) is 44.2 Å². The van der Waals surface area contributed by atoms with Gasteiger partial charge < -0.3 is 23.8 Å². The number of fused-ring (bicyclic) bond motifs is 2. The Morgan fingerprint density at radius 2 is 1.85 bits per heavy atom. The molecule has 46 heavy (non-hydrogen) atoms. The fraction of sp³-hybridized carbons (Fsp3) is 0.333. The van der Waals surface area contributed by atoms with E-state index in [1.807, 2.05) is 36.4 Å². The van der Waals surface area contributed by atoms with Crippen LogP contribution in [0.4, 0.5) is 5.69 Å². The van der Waals surface area contributed by atoms with Crippen LogP contribution < -0.4 is 14.4 Å². The summed E-state index contributed by atoms with van der Waals surface area (Å²) in [7, 11) is 5.17. The minimum Gasteiger partial charge on any atom is -0.483 e. The Hall–Kier alpha value is -3.82. The van der Waals surface area contributed by atoms with Crippen molar-refractivity contribution in [1.82, 2.24) is 9.88 Å². The van der Waals surface area contributed by atoms with E-state index < -0.39 is 0 Å². The number of ether oxygens (including phenoxy) is 4. The summed E-state index contributed by atoms with van der Waals surface area (Å²) in [5.74, 6) is 1.31. The third-order valence-corrected chi connectivity index (χ3v) is 9.38. The molecule has 8 nitrogen and oxygen atoms in total. The minimum absolute atomic E-state index is 0.142. The topological polar surface area (TPSA) is 73.4 Å². The molecular weight excluding hydrogens is 625 g/mol. The van der Waals surface area contributed by atoms with Crippen molar-refractivity contribution in [2.75, 3.05) is 39.3 Å². The van der Waals surface area contributed by atoms with Gasteiger partial charge in [-0.1, -0.05) is 47.5 Å². The smallest absolute Gasteiger partial charge is 0.323 e. The van der Waals surface area contributed by atoms with Crippen LogP contribution in [-0.2, 0) is 33.8 Å². The van der Waals surface area contributed by atoms with Gasteiger partial charge in [-0.05, 0) is 77.2 Å². The van der Waals surface area contributed by atoms with Crippen LogP contribution >= 0.6 is 23.2 Å². The monoisotopic (exact) mass is 661 g/mol. The average Bonchev–Trinajstić information content (AvgIpc) is 3.23. The van der Waals surface area contributed by atoms with Gasteiger partial charge in [0.25, 0.3) is 0 Å². The number of anilines is 1. The maximum Gasteiger partial charge on any atom is 0.323 e. The van der Waals surface area contributed by atoms with Crippen molar-refractivity contribution in [3.05, 3.63) is 117 Å². The minimum atomic E-state index is -0.386. The number of esters is 1. The van der Waals surface area contributed by atoms with Crippen LogP contribution in [0.2, 0.25) is 10.0 Å². The van der Waals surface area contributed by atoms with E-state index in [0.717, 1.165) is 52.4 Å². The molecule has 3 heterocycles. The lowest BCUT2D eigenvalue weighted by atomic mass is 9.92. The fourth-order valence-corrected chi connectivity index (χ4v) is 6.46. The lowest BCUT2D eigenvalue weighted by molar-refractivity contribution is -0.148. The molecule has 3 aromatic carbocycles. The van der Waals surface area contributed by atoms with Gasteiger partial charge in [0.2, 0.25) is 0 Å². The maximum absolute atomic E-state index is 12.9. The van der Waals surface area contributed by atoms with E-state index in [0.29, 0.717) is 41.9 Å². The van der Waals surface area contributed by atoms with E-state index in [-0.39, 0.29) is 24.2 Å². The molecule has 0 fully saturated rings. The van der Waals surface area contributed by atoms with Gasteiger partial charge in [0, 0.05) is 46.4 Å². The highest BCUT2D eigenvalue weighted by Crippen LogP contribution is 2.41. The van der Waals surface area contributed by atoms with Gasteiger partial charge >= 0.3 is 5.97 Å². The van der Waals surface area contributed by atoms with Crippen molar-refractivity contribution in [3.63, 3.8) is 0 Å². The van der Waals surface area contributed by atoms with Crippen molar-refractivity contribution >= 4 is 34.9 Å². The average molecular weight is 663 g/mol. The van der Waals surface area contributed by atoms with Crippen molar-refractivity contribution in [2.24, 2.45) is 0 Å². The molecule has 3 atom stereocenters. The van der Waals surface area contributed by atoms with Crippen molar-refractivity contribution < 1.29 is 23.7 Å². The van der Waals surface area contributed by atoms with Gasteiger partial charge in [-0.3, -0.25) is 14.7 Å². The van der Waals surface area contributed by atoms with E-state index in [1.165, 1.54) is 7.11 Å². The Bertz CT molecular complexity index is 1670. The molecule has 0 amide bonds. The van der Waals surface area contributed by atoms with Gasteiger partial charge in [0.1, 0.15) is 29.7 Å². The second-order valence-electron chi connectivity index (χ2n) is 11.7. The van der Waals surface area contributed by atoms with Crippen LogP contribution in [-0.4, -0.2) is 56.3 Å². The molecular formula is C36H37Cl2N3O5. The summed E-state index contributed by atoms with van der Waals surface area (Å²) < 4.78 is 23.7. The van der Waals surface area contributed by atoms with Crippen LogP contribution in [0.3, 0.4) is 0 Å². The molecule has 240 valence electrons. The number of methoxy groups -OCH3 is 2. The molecule has 1 aromatic heterocycles.